The van der Waals surface area contributed by atoms with Gasteiger partial charge in [-0.05, 0) is 61.0 Å². The highest BCUT2D eigenvalue weighted by molar-refractivity contribution is 7.86. The summed E-state index contributed by atoms with van der Waals surface area (Å²) >= 11 is 2.72. The van der Waals surface area contributed by atoms with Crippen LogP contribution >= 0.6 is 22.7 Å². The van der Waals surface area contributed by atoms with Gasteiger partial charge in [-0.25, -0.2) is 18.4 Å². The highest BCUT2D eigenvalue weighted by atomic mass is 32.2. The minimum Gasteiger partial charge on any atom is -0.744 e. The maximum absolute atomic E-state index is 11.8. The largest absolute Gasteiger partial charge is 0.744 e. The monoisotopic (exact) mass is 494 g/mol. The van der Waals surface area contributed by atoms with Gasteiger partial charge >= 0.3 is 0 Å². The normalized spacial score (nSPS) is 11.8. The van der Waals surface area contributed by atoms with E-state index in [1.165, 1.54) is 29.6 Å². The van der Waals surface area contributed by atoms with Crippen molar-refractivity contribution in [3.8, 4) is 21.1 Å². The number of aryl methyl sites for hydroxylation is 1. The van der Waals surface area contributed by atoms with E-state index in [0.29, 0.717) is 20.8 Å². The molecule has 10 heteroatoms. The van der Waals surface area contributed by atoms with E-state index in [0.717, 1.165) is 32.0 Å². The Morgan fingerprint density at radius 3 is 2.24 bits per heavy atom. The van der Waals surface area contributed by atoms with Gasteiger partial charge in [0.1, 0.15) is 20.1 Å². The summed E-state index contributed by atoms with van der Waals surface area (Å²) in [7, 11) is -4.61. The molecule has 33 heavy (non-hydrogen) atoms. The van der Waals surface area contributed by atoms with E-state index in [4.69, 9.17) is 4.98 Å². The van der Waals surface area contributed by atoms with Gasteiger partial charge in [-0.3, -0.25) is 4.79 Å². The van der Waals surface area contributed by atoms with Gasteiger partial charge < -0.3 is 9.87 Å². The van der Waals surface area contributed by atoms with E-state index >= 15 is 0 Å². The first kappa shape index (κ1) is 21.7. The quantitative estimate of drug-likeness (QED) is 0.334. The lowest BCUT2D eigenvalue weighted by atomic mass is 10.2. The van der Waals surface area contributed by atoms with Crippen molar-refractivity contribution < 1.29 is 17.8 Å². The van der Waals surface area contributed by atoms with Gasteiger partial charge in [0, 0.05) is 23.7 Å². The number of fused-ring (bicyclic) bond motifs is 2. The zero-order valence-corrected chi connectivity index (χ0v) is 19.9. The molecule has 0 aliphatic carbocycles. The smallest absolute Gasteiger partial charge is 0.221 e. The number of thiazole rings is 2. The second kappa shape index (κ2) is 7.99. The lowest BCUT2D eigenvalue weighted by molar-refractivity contribution is -0.114. The number of aromatic nitrogens is 2. The van der Waals surface area contributed by atoms with E-state index in [2.05, 4.69) is 10.3 Å². The minimum absolute atomic E-state index is 0.125. The summed E-state index contributed by atoms with van der Waals surface area (Å²) in [4.78, 5) is 20.3. The Labute approximate surface area is 197 Å². The first-order valence-electron chi connectivity index (χ1n) is 9.84. The van der Waals surface area contributed by atoms with Crippen LogP contribution in [0.15, 0.2) is 59.5 Å². The average Bonchev–Trinajstić information content (AvgIpc) is 3.36. The number of hydrogen-bond donors (Lipinski definition) is 1. The van der Waals surface area contributed by atoms with Crippen LogP contribution in [0.2, 0.25) is 0 Å². The Morgan fingerprint density at radius 2 is 1.55 bits per heavy atom. The summed E-state index contributed by atoms with van der Waals surface area (Å²) < 4.78 is 36.7. The van der Waals surface area contributed by atoms with Gasteiger partial charge in [0.05, 0.1) is 25.3 Å². The van der Waals surface area contributed by atoms with Gasteiger partial charge in [0.25, 0.3) is 0 Å². The summed E-state index contributed by atoms with van der Waals surface area (Å²) in [5, 5.41) is 4.22. The molecular weight excluding hydrogens is 478 g/mol. The molecule has 0 aliphatic heterocycles. The van der Waals surface area contributed by atoms with Gasteiger partial charge in [-0.15, -0.1) is 22.7 Å². The molecule has 1 amide bonds. The van der Waals surface area contributed by atoms with Crippen LogP contribution in [0.3, 0.4) is 0 Å². The molecule has 0 spiro atoms. The summed E-state index contributed by atoms with van der Waals surface area (Å²) in [6, 6.07) is 16.6. The summed E-state index contributed by atoms with van der Waals surface area (Å²) in [6.07, 6.45) is 0. The molecule has 0 atom stereocenters. The SMILES string of the molecule is CC(=O)Nc1ccc(-c2nc3ccc(-c4nc5ccc(C)c(S(=O)(=O)[O-])c5s4)cc3s2)cc1. The van der Waals surface area contributed by atoms with Crippen molar-refractivity contribution in [2.75, 3.05) is 5.32 Å². The van der Waals surface area contributed by atoms with Gasteiger partial charge in [0.2, 0.25) is 5.91 Å². The van der Waals surface area contributed by atoms with Crippen molar-refractivity contribution in [3.63, 3.8) is 0 Å². The van der Waals surface area contributed by atoms with Crippen LogP contribution < -0.4 is 5.32 Å². The first-order chi connectivity index (χ1) is 15.7. The van der Waals surface area contributed by atoms with Crippen LogP contribution in [0.1, 0.15) is 12.5 Å². The number of nitrogens with zero attached hydrogens (tertiary/aromatic N) is 2. The third-order valence-corrected chi connectivity index (χ3v) is 8.41. The van der Waals surface area contributed by atoms with E-state index < -0.39 is 10.1 Å². The van der Waals surface area contributed by atoms with Crippen LogP contribution in [0, 0.1) is 6.92 Å². The molecule has 0 bridgehead atoms. The molecule has 1 N–H and O–H groups in total. The van der Waals surface area contributed by atoms with E-state index in [9.17, 15) is 17.8 Å². The Bertz CT molecular complexity index is 1650. The second-order valence-electron chi connectivity index (χ2n) is 7.49. The summed E-state index contributed by atoms with van der Waals surface area (Å²) in [6.45, 7) is 3.07. The molecule has 0 aliphatic rings. The Morgan fingerprint density at radius 1 is 0.909 bits per heavy atom. The van der Waals surface area contributed by atoms with E-state index in [1.807, 2.05) is 42.5 Å². The fourth-order valence-corrected chi connectivity index (χ4v) is 6.87. The molecule has 0 fully saturated rings. The number of rotatable bonds is 4. The molecule has 0 saturated carbocycles. The second-order valence-corrected chi connectivity index (χ2v) is 10.8. The van der Waals surface area contributed by atoms with Crippen molar-refractivity contribution in [2.24, 2.45) is 0 Å². The fraction of sp³-hybridized carbons (Fsp3) is 0.0870. The molecule has 5 rings (SSSR count). The van der Waals surface area contributed by atoms with E-state index in [1.54, 1.807) is 19.1 Å². The van der Waals surface area contributed by atoms with Gasteiger partial charge in [-0.2, -0.15) is 0 Å². The predicted octanol–water partition coefficient (Wildman–Crippen LogP) is 5.41. The van der Waals surface area contributed by atoms with Crippen molar-refractivity contribution in [1.29, 1.82) is 0 Å². The highest BCUT2D eigenvalue weighted by Gasteiger charge is 2.17. The molecule has 0 radical (unpaired) electrons. The fourth-order valence-electron chi connectivity index (χ4n) is 3.58. The maximum Gasteiger partial charge on any atom is 0.221 e. The first-order valence-corrected chi connectivity index (χ1v) is 12.9. The lowest BCUT2D eigenvalue weighted by Crippen LogP contribution is -2.05. The number of hydrogen-bond acceptors (Lipinski definition) is 8. The van der Waals surface area contributed by atoms with Crippen molar-refractivity contribution in [1.82, 2.24) is 9.97 Å². The molecule has 5 aromatic rings. The third kappa shape index (κ3) is 4.13. The van der Waals surface area contributed by atoms with Crippen LogP contribution in [-0.4, -0.2) is 28.8 Å². The topological polar surface area (TPSA) is 112 Å². The molecule has 0 saturated heterocycles. The number of amides is 1. The molecule has 166 valence electrons. The Kier molecular flexibility index (Phi) is 5.25. The highest BCUT2D eigenvalue weighted by Crippen LogP contribution is 2.38. The number of nitrogens with one attached hydrogen (secondary N) is 1. The third-order valence-electron chi connectivity index (χ3n) is 5.05. The number of benzene rings is 3. The minimum atomic E-state index is -4.61. The lowest BCUT2D eigenvalue weighted by Gasteiger charge is -2.10. The molecule has 2 heterocycles. The zero-order chi connectivity index (χ0) is 23.3. The van der Waals surface area contributed by atoms with Crippen LogP contribution in [0.25, 0.3) is 41.6 Å². The maximum atomic E-state index is 11.8. The zero-order valence-electron chi connectivity index (χ0n) is 17.4. The van der Waals surface area contributed by atoms with Gasteiger partial charge in [-0.1, -0.05) is 6.07 Å². The van der Waals surface area contributed by atoms with Crippen LogP contribution in [-0.2, 0) is 14.9 Å². The molecule has 2 aromatic heterocycles. The molecule has 7 nitrogen and oxygen atoms in total. The standard InChI is InChI=1S/C23H17N3O4S3/c1-12-3-9-18-20(21(12)33(28,29)30)32-23(26-18)15-6-10-17-19(11-15)31-22(25-17)14-4-7-16(8-5-14)24-13(2)27/h3-11H,1-2H3,(H,24,27)(H,28,29,30)/p-1. The average molecular weight is 495 g/mol. The van der Waals surface area contributed by atoms with E-state index in [-0.39, 0.29) is 10.8 Å². The molecular formula is C23H16N3O4S3-. The number of carbonyl (C=O) groups is 1. The molecule has 0 unspecified atom stereocenters. The van der Waals surface area contributed by atoms with Crippen molar-refractivity contribution in [2.45, 2.75) is 18.7 Å². The van der Waals surface area contributed by atoms with Crippen molar-refractivity contribution >= 4 is 64.8 Å². The molecule has 3 aromatic carbocycles. The Hall–Kier alpha value is -3.18. The predicted molar refractivity (Wildman–Crippen MR) is 131 cm³/mol. The Balaban J connectivity index is 1.54. The van der Waals surface area contributed by atoms with Crippen molar-refractivity contribution in [3.05, 3.63) is 60.2 Å². The summed E-state index contributed by atoms with van der Waals surface area (Å²) in [5.74, 6) is -0.125. The van der Waals surface area contributed by atoms with Crippen LogP contribution in [0.4, 0.5) is 5.69 Å². The van der Waals surface area contributed by atoms with Gasteiger partial charge in [0.15, 0.2) is 0 Å². The number of anilines is 1. The number of carbonyl (C=O) groups excluding carboxylic acids is 1. The van der Waals surface area contributed by atoms with Crippen LogP contribution in [0.5, 0.6) is 0 Å². The summed E-state index contributed by atoms with van der Waals surface area (Å²) in [5.41, 5.74) is 4.23.